The molecular formula is C18H17NO5S. The summed E-state index contributed by atoms with van der Waals surface area (Å²) in [5.41, 5.74) is 1.64. The van der Waals surface area contributed by atoms with Crippen molar-refractivity contribution in [3.05, 3.63) is 47.5 Å². The molecule has 0 amide bonds. The van der Waals surface area contributed by atoms with Gasteiger partial charge >= 0.3 is 0 Å². The Morgan fingerprint density at radius 3 is 2.80 bits per heavy atom. The van der Waals surface area contributed by atoms with Crippen molar-refractivity contribution in [2.45, 2.75) is 17.7 Å². The predicted molar refractivity (Wildman–Crippen MR) is 92.1 cm³/mol. The average molecular weight is 359 g/mol. The minimum absolute atomic E-state index is 0.0881. The van der Waals surface area contributed by atoms with E-state index in [9.17, 15) is 13.2 Å². The summed E-state index contributed by atoms with van der Waals surface area (Å²) >= 11 is 0. The monoisotopic (exact) mass is 359 g/mol. The molecule has 0 N–H and O–H groups in total. The number of hydrogen-bond donors (Lipinski definition) is 0. The summed E-state index contributed by atoms with van der Waals surface area (Å²) in [6.07, 6.45) is 0.834. The Morgan fingerprint density at radius 1 is 1.16 bits per heavy atom. The van der Waals surface area contributed by atoms with Crippen molar-refractivity contribution >= 4 is 21.5 Å². The molecule has 2 aromatic rings. The number of ether oxygens (including phenoxy) is 2. The molecule has 2 aliphatic rings. The first-order chi connectivity index (χ1) is 12.0. The van der Waals surface area contributed by atoms with Crippen LogP contribution in [0.5, 0.6) is 11.5 Å². The van der Waals surface area contributed by atoms with Crippen molar-refractivity contribution < 1.29 is 22.7 Å². The second-order valence-electron chi connectivity index (χ2n) is 5.98. The van der Waals surface area contributed by atoms with E-state index >= 15 is 0 Å². The number of nitrogens with zero attached hydrogens (tertiary/aromatic N) is 1. The van der Waals surface area contributed by atoms with Gasteiger partial charge in [-0.15, -0.1) is 0 Å². The van der Waals surface area contributed by atoms with Crippen LogP contribution in [0, 0.1) is 0 Å². The molecule has 2 heterocycles. The van der Waals surface area contributed by atoms with E-state index in [1.165, 1.54) is 11.4 Å². The normalized spacial score (nSPS) is 16.2. The van der Waals surface area contributed by atoms with Gasteiger partial charge in [0, 0.05) is 24.9 Å². The molecule has 0 bridgehead atoms. The van der Waals surface area contributed by atoms with Crippen LogP contribution in [0.25, 0.3) is 0 Å². The van der Waals surface area contributed by atoms with Crippen LogP contribution in [-0.2, 0) is 16.4 Å². The number of hydrogen-bond acceptors (Lipinski definition) is 5. The highest BCUT2D eigenvalue weighted by atomic mass is 32.2. The maximum atomic E-state index is 13.3. The number of sulfonamides is 1. The van der Waals surface area contributed by atoms with Crippen molar-refractivity contribution in [3.8, 4) is 11.5 Å². The fraction of sp³-hybridized carbons (Fsp3) is 0.278. The van der Waals surface area contributed by atoms with E-state index in [-0.39, 0.29) is 23.6 Å². The number of benzene rings is 2. The number of carbonyl (C=O) groups excluding carboxylic acids is 1. The van der Waals surface area contributed by atoms with Crippen molar-refractivity contribution in [2.75, 3.05) is 24.6 Å². The van der Waals surface area contributed by atoms with Gasteiger partial charge in [-0.3, -0.25) is 9.10 Å². The van der Waals surface area contributed by atoms with Crippen molar-refractivity contribution in [2.24, 2.45) is 0 Å². The maximum Gasteiger partial charge on any atom is 0.268 e. The standard InChI is InChI=1S/C18H17NO5S/c1-23-13-5-6-15-14(11-13)16(20)7-9-19(15)25(21,22)17-4-2-3-12-8-10-24-18(12)17/h2-6,11H,7-10H2,1H3. The second kappa shape index (κ2) is 5.77. The zero-order chi connectivity index (χ0) is 17.6. The van der Waals surface area contributed by atoms with E-state index in [1.807, 2.05) is 6.07 Å². The van der Waals surface area contributed by atoms with Gasteiger partial charge in [0.25, 0.3) is 10.0 Å². The van der Waals surface area contributed by atoms with Gasteiger partial charge in [0.1, 0.15) is 16.4 Å². The van der Waals surface area contributed by atoms with E-state index in [4.69, 9.17) is 9.47 Å². The molecule has 2 aromatic carbocycles. The van der Waals surface area contributed by atoms with Crippen LogP contribution in [0.3, 0.4) is 0 Å². The predicted octanol–water partition coefficient (Wildman–Crippen LogP) is 2.41. The number of anilines is 1. The van der Waals surface area contributed by atoms with E-state index in [0.29, 0.717) is 35.8 Å². The summed E-state index contributed by atoms with van der Waals surface area (Å²) < 4.78 is 38.6. The molecule has 0 aromatic heterocycles. The molecule has 4 rings (SSSR count). The fourth-order valence-corrected chi connectivity index (χ4v) is 4.96. The molecule has 0 fully saturated rings. The molecule has 0 radical (unpaired) electrons. The molecule has 6 nitrogen and oxygen atoms in total. The molecular weight excluding hydrogens is 342 g/mol. The zero-order valence-electron chi connectivity index (χ0n) is 13.7. The smallest absolute Gasteiger partial charge is 0.268 e. The topological polar surface area (TPSA) is 72.9 Å². The summed E-state index contributed by atoms with van der Waals surface area (Å²) in [4.78, 5) is 12.4. The van der Waals surface area contributed by atoms with Gasteiger partial charge in [-0.05, 0) is 29.8 Å². The molecule has 0 saturated carbocycles. The van der Waals surface area contributed by atoms with Crippen LogP contribution in [0.4, 0.5) is 5.69 Å². The van der Waals surface area contributed by atoms with Gasteiger partial charge in [0.2, 0.25) is 0 Å². The Morgan fingerprint density at radius 2 is 2.00 bits per heavy atom. The lowest BCUT2D eigenvalue weighted by Crippen LogP contribution is -2.37. The van der Waals surface area contributed by atoms with Crippen molar-refractivity contribution in [1.29, 1.82) is 0 Å². The Labute approximate surface area is 146 Å². The summed E-state index contributed by atoms with van der Waals surface area (Å²) in [5.74, 6) is 0.861. The second-order valence-corrected chi connectivity index (χ2v) is 7.81. The van der Waals surface area contributed by atoms with Gasteiger partial charge in [-0.2, -0.15) is 0 Å². The Bertz CT molecular complexity index is 967. The van der Waals surface area contributed by atoms with Gasteiger partial charge in [0.05, 0.1) is 19.4 Å². The largest absolute Gasteiger partial charge is 0.497 e. The summed E-state index contributed by atoms with van der Waals surface area (Å²) in [6, 6.07) is 10.0. The van der Waals surface area contributed by atoms with Gasteiger partial charge < -0.3 is 9.47 Å². The van der Waals surface area contributed by atoms with Gasteiger partial charge in [0.15, 0.2) is 5.78 Å². The highest BCUT2D eigenvalue weighted by molar-refractivity contribution is 7.93. The molecule has 0 atom stereocenters. The fourth-order valence-electron chi connectivity index (χ4n) is 3.30. The SMILES string of the molecule is COc1ccc2c(c1)C(=O)CCN2S(=O)(=O)c1cccc2c1OCC2. The third-order valence-electron chi connectivity index (χ3n) is 4.56. The minimum atomic E-state index is -3.83. The lowest BCUT2D eigenvalue weighted by molar-refractivity contribution is 0.0981. The van der Waals surface area contributed by atoms with Crippen LogP contribution in [0.1, 0.15) is 22.3 Å². The van der Waals surface area contributed by atoms with E-state index < -0.39 is 10.0 Å². The number of carbonyl (C=O) groups is 1. The number of fused-ring (bicyclic) bond motifs is 2. The average Bonchev–Trinajstić information content (AvgIpc) is 3.10. The lowest BCUT2D eigenvalue weighted by Gasteiger charge is -2.30. The number of rotatable bonds is 3. The third-order valence-corrected chi connectivity index (χ3v) is 6.40. The summed E-state index contributed by atoms with van der Waals surface area (Å²) in [5, 5.41) is 0. The molecule has 0 aliphatic carbocycles. The molecule has 0 unspecified atom stereocenters. The summed E-state index contributed by atoms with van der Waals surface area (Å²) in [6.45, 7) is 0.596. The van der Waals surface area contributed by atoms with E-state index in [0.717, 1.165) is 5.56 Å². The highest BCUT2D eigenvalue weighted by Crippen LogP contribution is 2.39. The number of methoxy groups -OCH3 is 1. The first kappa shape index (κ1) is 16.0. The first-order valence-electron chi connectivity index (χ1n) is 8.01. The number of Topliss-reactive ketones (excluding diaryl/α,β-unsaturated/α-hetero) is 1. The molecule has 0 saturated heterocycles. The van der Waals surface area contributed by atoms with Gasteiger partial charge in [-0.1, -0.05) is 12.1 Å². The van der Waals surface area contributed by atoms with Crippen molar-refractivity contribution in [3.63, 3.8) is 0 Å². The van der Waals surface area contributed by atoms with Crippen LogP contribution in [0.2, 0.25) is 0 Å². The number of para-hydroxylation sites is 1. The quantitative estimate of drug-likeness (QED) is 0.841. The van der Waals surface area contributed by atoms with Crippen molar-refractivity contribution in [1.82, 2.24) is 0 Å². The zero-order valence-corrected chi connectivity index (χ0v) is 14.5. The lowest BCUT2D eigenvalue weighted by atomic mass is 10.0. The van der Waals surface area contributed by atoms with E-state index in [1.54, 1.807) is 30.3 Å². The van der Waals surface area contributed by atoms with Crippen LogP contribution in [0.15, 0.2) is 41.3 Å². The third kappa shape index (κ3) is 2.46. The first-order valence-corrected chi connectivity index (χ1v) is 9.45. The highest BCUT2D eigenvalue weighted by Gasteiger charge is 2.35. The molecule has 2 aliphatic heterocycles. The number of ketones is 1. The summed E-state index contributed by atoms with van der Waals surface area (Å²) in [7, 11) is -2.32. The van der Waals surface area contributed by atoms with E-state index in [2.05, 4.69) is 0 Å². The van der Waals surface area contributed by atoms with Crippen LogP contribution >= 0.6 is 0 Å². The van der Waals surface area contributed by atoms with Crippen LogP contribution < -0.4 is 13.8 Å². The van der Waals surface area contributed by atoms with Gasteiger partial charge in [-0.25, -0.2) is 8.42 Å². The molecule has 7 heteroatoms. The maximum absolute atomic E-state index is 13.3. The molecule has 0 spiro atoms. The minimum Gasteiger partial charge on any atom is -0.497 e. The molecule has 130 valence electrons. The Kier molecular flexibility index (Phi) is 3.68. The van der Waals surface area contributed by atoms with Crippen LogP contribution in [-0.4, -0.2) is 34.5 Å². The Balaban J connectivity index is 1.85. The Hall–Kier alpha value is -2.54. The molecule has 25 heavy (non-hydrogen) atoms.